The predicted octanol–water partition coefficient (Wildman–Crippen LogP) is 5.46. The standard InChI is InChI=1S/C14H12Br2OS/c1-2-3-9-4-6-10(7-5-9)13(17)11-8-12(15)18-14(11)16/h4-8H,2-3H2,1H3. The average Bonchev–Trinajstić information content (AvgIpc) is 2.69. The molecule has 1 aromatic carbocycles. The second-order valence-electron chi connectivity index (χ2n) is 4.01. The highest BCUT2D eigenvalue weighted by Gasteiger charge is 2.15. The summed E-state index contributed by atoms with van der Waals surface area (Å²) in [7, 11) is 0. The molecule has 0 aliphatic rings. The highest BCUT2D eigenvalue weighted by atomic mass is 79.9. The molecule has 1 nitrogen and oxygen atoms in total. The molecule has 0 saturated carbocycles. The Morgan fingerprint density at radius 2 is 1.89 bits per heavy atom. The largest absolute Gasteiger partial charge is 0.289 e. The van der Waals surface area contributed by atoms with Crippen LogP contribution in [0.1, 0.15) is 34.8 Å². The van der Waals surface area contributed by atoms with Crippen molar-refractivity contribution in [2.75, 3.05) is 0 Å². The average molecular weight is 388 g/mol. The Bertz CT molecular complexity index is 558. The van der Waals surface area contributed by atoms with Gasteiger partial charge >= 0.3 is 0 Å². The van der Waals surface area contributed by atoms with E-state index in [1.54, 1.807) is 0 Å². The summed E-state index contributed by atoms with van der Waals surface area (Å²) in [6, 6.07) is 9.74. The van der Waals surface area contributed by atoms with Crippen LogP contribution in [0.5, 0.6) is 0 Å². The van der Waals surface area contributed by atoms with Crippen LogP contribution < -0.4 is 0 Å². The molecule has 2 aromatic rings. The van der Waals surface area contributed by atoms with E-state index >= 15 is 0 Å². The van der Waals surface area contributed by atoms with Crippen LogP contribution in [0.25, 0.3) is 0 Å². The normalized spacial score (nSPS) is 10.6. The maximum atomic E-state index is 12.3. The van der Waals surface area contributed by atoms with Crippen LogP contribution in [0, 0.1) is 0 Å². The van der Waals surface area contributed by atoms with Crippen molar-refractivity contribution in [3.05, 3.63) is 54.6 Å². The molecule has 0 aliphatic heterocycles. The van der Waals surface area contributed by atoms with Gasteiger partial charge in [-0.2, -0.15) is 0 Å². The Morgan fingerprint density at radius 3 is 2.39 bits per heavy atom. The number of hydrogen-bond acceptors (Lipinski definition) is 2. The van der Waals surface area contributed by atoms with Crippen LogP contribution in [-0.4, -0.2) is 5.78 Å². The molecule has 0 fully saturated rings. The van der Waals surface area contributed by atoms with E-state index in [2.05, 4.69) is 38.8 Å². The molecule has 94 valence electrons. The van der Waals surface area contributed by atoms with Gasteiger partial charge in [-0.25, -0.2) is 0 Å². The minimum Gasteiger partial charge on any atom is -0.289 e. The quantitative estimate of drug-likeness (QED) is 0.637. The molecule has 1 aromatic heterocycles. The topological polar surface area (TPSA) is 17.1 Å². The Morgan fingerprint density at radius 1 is 1.22 bits per heavy atom. The Hall–Kier alpha value is -0.450. The Kier molecular flexibility index (Phi) is 4.76. The van der Waals surface area contributed by atoms with E-state index in [4.69, 9.17) is 0 Å². The highest BCUT2D eigenvalue weighted by Crippen LogP contribution is 2.33. The van der Waals surface area contributed by atoms with Gasteiger partial charge in [-0.1, -0.05) is 37.6 Å². The molecule has 0 amide bonds. The monoisotopic (exact) mass is 386 g/mol. The molecule has 0 unspecified atom stereocenters. The fourth-order valence-corrected chi connectivity index (χ4v) is 4.56. The van der Waals surface area contributed by atoms with Crippen LogP contribution in [0.2, 0.25) is 0 Å². The fourth-order valence-electron chi connectivity index (χ4n) is 1.76. The zero-order valence-electron chi connectivity index (χ0n) is 9.87. The highest BCUT2D eigenvalue weighted by molar-refractivity contribution is 9.12. The molecule has 0 radical (unpaired) electrons. The van der Waals surface area contributed by atoms with Crippen molar-refractivity contribution in [2.45, 2.75) is 19.8 Å². The lowest BCUT2D eigenvalue weighted by Gasteiger charge is -2.02. The molecule has 0 aliphatic carbocycles. The summed E-state index contributed by atoms with van der Waals surface area (Å²) < 4.78 is 1.83. The zero-order valence-corrected chi connectivity index (χ0v) is 13.9. The first-order valence-electron chi connectivity index (χ1n) is 5.70. The van der Waals surface area contributed by atoms with E-state index in [0.29, 0.717) is 0 Å². The van der Waals surface area contributed by atoms with Crippen molar-refractivity contribution in [1.29, 1.82) is 0 Å². The summed E-state index contributed by atoms with van der Waals surface area (Å²) in [6.45, 7) is 2.15. The third-order valence-corrected chi connectivity index (χ3v) is 5.00. The lowest BCUT2D eigenvalue weighted by atomic mass is 10.0. The smallest absolute Gasteiger partial charge is 0.195 e. The number of carbonyl (C=O) groups excluding carboxylic acids is 1. The number of aryl methyl sites for hydroxylation is 1. The van der Waals surface area contributed by atoms with Gasteiger partial charge in [-0.05, 0) is 49.9 Å². The van der Waals surface area contributed by atoms with Gasteiger partial charge in [-0.3, -0.25) is 4.79 Å². The van der Waals surface area contributed by atoms with Crippen LogP contribution >= 0.6 is 43.2 Å². The summed E-state index contributed by atoms with van der Waals surface area (Å²) in [5.41, 5.74) is 2.73. The molecular formula is C14H12Br2OS. The van der Waals surface area contributed by atoms with Gasteiger partial charge < -0.3 is 0 Å². The van der Waals surface area contributed by atoms with Crippen LogP contribution in [0.3, 0.4) is 0 Å². The van der Waals surface area contributed by atoms with Crippen LogP contribution in [-0.2, 0) is 6.42 Å². The second-order valence-corrected chi connectivity index (χ2v) is 7.76. The van der Waals surface area contributed by atoms with Crippen molar-refractivity contribution in [3.63, 3.8) is 0 Å². The first-order chi connectivity index (χ1) is 8.61. The first kappa shape index (κ1) is 14.0. The zero-order chi connectivity index (χ0) is 13.1. The van der Waals surface area contributed by atoms with E-state index in [1.807, 2.05) is 30.3 Å². The number of ketones is 1. The van der Waals surface area contributed by atoms with Gasteiger partial charge in [0, 0.05) is 11.1 Å². The number of carbonyl (C=O) groups is 1. The molecule has 0 N–H and O–H groups in total. The molecule has 0 bridgehead atoms. The number of halogens is 2. The van der Waals surface area contributed by atoms with Crippen LogP contribution in [0.4, 0.5) is 0 Å². The van der Waals surface area contributed by atoms with E-state index in [-0.39, 0.29) is 5.78 Å². The molecule has 0 atom stereocenters. The Balaban J connectivity index is 2.26. The van der Waals surface area contributed by atoms with Crippen molar-refractivity contribution in [1.82, 2.24) is 0 Å². The molecule has 0 saturated heterocycles. The minimum atomic E-state index is 0.0619. The summed E-state index contributed by atoms with van der Waals surface area (Å²) in [5.74, 6) is 0.0619. The van der Waals surface area contributed by atoms with Crippen molar-refractivity contribution >= 4 is 49.0 Å². The molecule has 1 heterocycles. The van der Waals surface area contributed by atoms with Crippen LogP contribution in [0.15, 0.2) is 37.9 Å². The van der Waals surface area contributed by atoms with Gasteiger partial charge in [0.1, 0.15) is 0 Å². The van der Waals surface area contributed by atoms with E-state index in [0.717, 1.165) is 31.5 Å². The molecule has 2 rings (SSSR count). The first-order valence-corrected chi connectivity index (χ1v) is 8.10. The predicted molar refractivity (Wildman–Crippen MR) is 83.6 cm³/mol. The molecule has 4 heteroatoms. The fraction of sp³-hybridized carbons (Fsp3) is 0.214. The van der Waals surface area contributed by atoms with Gasteiger partial charge in [0.25, 0.3) is 0 Å². The van der Waals surface area contributed by atoms with E-state index in [1.165, 1.54) is 16.9 Å². The molecule has 0 spiro atoms. The number of hydrogen-bond donors (Lipinski definition) is 0. The lowest BCUT2D eigenvalue weighted by molar-refractivity contribution is 0.103. The minimum absolute atomic E-state index is 0.0619. The summed E-state index contributed by atoms with van der Waals surface area (Å²) >= 11 is 8.33. The molecular weight excluding hydrogens is 376 g/mol. The molecule has 18 heavy (non-hydrogen) atoms. The van der Waals surface area contributed by atoms with Gasteiger partial charge in [0.15, 0.2) is 5.78 Å². The number of benzene rings is 1. The van der Waals surface area contributed by atoms with Crippen molar-refractivity contribution in [3.8, 4) is 0 Å². The van der Waals surface area contributed by atoms with Gasteiger partial charge in [0.2, 0.25) is 0 Å². The SMILES string of the molecule is CCCc1ccc(C(=O)c2cc(Br)sc2Br)cc1. The summed E-state index contributed by atoms with van der Waals surface area (Å²) in [5, 5.41) is 0. The van der Waals surface area contributed by atoms with E-state index < -0.39 is 0 Å². The van der Waals surface area contributed by atoms with Crippen molar-refractivity contribution < 1.29 is 4.79 Å². The maximum Gasteiger partial charge on any atom is 0.195 e. The Labute approximate surface area is 127 Å². The third-order valence-electron chi connectivity index (χ3n) is 2.66. The van der Waals surface area contributed by atoms with Gasteiger partial charge in [-0.15, -0.1) is 11.3 Å². The third kappa shape index (κ3) is 3.11. The van der Waals surface area contributed by atoms with E-state index in [9.17, 15) is 4.79 Å². The maximum absolute atomic E-state index is 12.3. The number of thiophene rings is 1. The second kappa shape index (κ2) is 6.13. The van der Waals surface area contributed by atoms with Crippen molar-refractivity contribution in [2.24, 2.45) is 0 Å². The number of rotatable bonds is 4. The lowest BCUT2D eigenvalue weighted by Crippen LogP contribution is -2.00. The van der Waals surface area contributed by atoms with Gasteiger partial charge in [0.05, 0.1) is 7.57 Å². The summed E-state index contributed by atoms with van der Waals surface area (Å²) in [4.78, 5) is 12.3. The summed E-state index contributed by atoms with van der Waals surface area (Å²) in [6.07, 6.45) is 2.18.